The highest BCUT2D eigenvalue weighted by atomic mass is 35.5. The minimum Gasteiger partial charge on any atom is -0.268 e. The highest BCUT2D eigenvalue weighted by molar-refractivity contribution is 6.31. The Bertz CT molecular complexity index is 451. The van der Waals surface area contributed by atoms with Crippen LogP contribution in [0.15, 0.2) is 30.3 Å². The summed E-state index contributed by atoms with van der Waals surface area (Å²) in [7, 11) is 0. The number of rotatable bonds is 1. The Morgan fingerprint density at radius 3 is 2.47 bits per heavy atom. The standard InChI is InChI=1S/C10H6ClN2O2/c11-7-3-1-6(2-4-7)8-5-9(14)12-13-10(8)15/h1-5H,(H,12,14). The molecule has 4 nitrogen and oxygen atoms in total. The summed E-state index contributed by atoms with van der Waals surface area (Å²) in [5, 5.41) is 0.573. The van der Waals surface area contributed by atoms with Gasteiger partial charge in [0.05, 0.1) is 5.57 Å². The summed E-state index contributed by atoms with van der Waals surface area (Å²) in [4.78, 5) is 22.3. The number of carbonyl (C=O) groups excluding carboxylic acids is 2. The molecule has 5 heteroatoms. The van der Waals surface area contributed by atoms with Gasteiger partial charge in [-0.15, -0.1) is 5.43 Å². The summed E-state index contributed by atoms with van der Waals surface area (Å²) in [6.07, 6.45) is 1.22. The SMILES string of the molecule is O=C1C=C(c2ccc(Cl)cc2)C(=O)[N]N1. The molecule has 0 fully saturated rings. The lowest BCUT2D eigenvalue weighted by Gasteiger charge is -2.11. The average molecular weight is 222 g/mol. The number of hydrogen-bond donors (Lipinski definition) is 1. The van der Waals surface area contributed by atoms with E-state index in [2.05, 4.69) is 10.9 Å². The number of amides is 2. The normalized spacial score (nSPS) is 15.4. The summed E-state index contributed by atoms with van der Waals surface area (Å²) in [5.41, 5.74) is 6.33. The summed E-state index contributed by atoms with van der Waals surface area (Å²) in [6, 6.07) is 6.63. The van der Waals surface area contributed by atoms with E-state index in [1.807, 2.05) is 0 Å². The molecule has 1 heterocycles. The van der Waals surface area contributed by atoms with Crippen LogP contribution < -0.4 is 10.9 Å². The van der Waals surface area contributed by atoms with Crippen molar-refractivity contribution in [2.45, 2.75) is 0 Å². The quantitative estimate of drug-likeness (QED) is 0.766. The van der Waals surface area contributed by atoms with E-state index in [9.17, 15) is 9.59 Å². The van der Waals surface area contributed by atoms with Gasteiger partial charge < -0.3 is 0 Å². The van der Waals surface area contributed by atoms with Crippen LogP contribution >= 0.6 is 11.6 Å². The van der Waals surface area contributed by atoms with Crippen molar-refractivity contribution in [1.29, 1.82) is 0 Å². The molecule has 0 aliphatic carbocycles. The highest BCUT2D eigenvalue weighted by Gasteiger charge is 2.20. The third-order valence-corrected chi connectivity index (χ3v) is 2.18. The Morgan fingerprint density at radius 1 is 1.13 bits per heavy atom. The van der Waals surface area contributed by atoms with Crippen LogP contribution in [0.1, 0.15) is 5.56 Å². The van der Waals surface area contributed by atoms with Crippen molar-refractivity contribution in [2.75, 3.05) is 0 Å². The zero-order valence-electron chi connectivity index (χ0n) is 7.53. The first-order chi connectivity index (χ1) is 7.16. The van der Waals surface area contributed by atoms with Crippen molar-refractivity contribution in [2.24, 2.45) is 0 Å². The molecule has 1 aromatic carbocycles. The molecule has 0 unspecified atom stereocenters. The van der Waals surface area contributed by atoms with Gasteiger partial charge in [0.25, 0.3) is 11.8 Å². The molecular weight excluding hydrogens is 216 g/mol. The van der Waals surface area contributed by atoms with Crippen LogP contribution in [0, 0.1) is 0 Å². The third kappa shape index (κ3) is 1.99. The van der Waals surface area contributed by atoms with Gasteiger partial charge >= 0.3 is 0 Å². The first-order valence-corrected chi connectivity index (χ1v) is 4.57. The monoisotopic (exact) mass is 221 g/mol. The molecule has 0 aromatic heterocycles. The van der Waals surface area contributed by atoms with Gasteiger partial charge in [0, 0.05) is 11.1 Å². The van der Waals surface area contributed by atoms with Gasteiger partial charge in [0.2, 0.25) is 0 Å². The second-order valence-corrected chi connectivity index (χ2v) is 3.39. The lowest BCUT2D eigenvalue weighted by molar-refractivity contribution is -0.125. The third-order valence-electron chi connectivity index (χ3n) is 1.93. The van der Waals surface area contributed by atoms with E-state index in [-0.39, 0.29) is 5.57 Å². The van der Waals surface area contributed by atoms with Crippen LogP contribution in [0.25, 0.3) is 5.57 Å². The number of carbonyl (C=O) groups is 2. The lowest BCUT2D eigenvalue weighted by atomic mass is 10.0. The lowest BCUT2D eigenvalue weighted by Crippen LogP contribution is -2.39. The summed E-state index contributed by atoms with van der Waals surface area (Å²) in [6.45, 7) is 0. The predicted molar refractivity (Wildman–Crippen MR) is 54.7 cm³/mol. The first kappa shape index (κ1) is 9.73. The fourth-order valence-corrected chi connectivity index (χ4v) is 1.35. The van der Waals surface area contributed by atoms with Gasteiger partial charge in [-0.05, 0) is 17.7 Å². The minimum atomic E-state index is -0.461. The molecule has 1 N–H and O–H groups in total. The molecule has 75 valence electrons. The molecule has 0 bridgehead atoms. The van der Waals surface area contributed by atoms with Crippen LogP contribution in [0.3, 0.4) is 0 Å². The Kier molecular flexibility index (Phi) is 2.43. The Hall–Kier alpha value is -1.81. The summed E-state index contributed by atoms with van der Waals surface area (Å²) >= 11 is 5.71. The molecule has 1 radical (unpaired) electrons. The second-order valence-electron chi connectivity index (χ2n) is 2.96. The molecule has 1 aromatic rings. The molecule has 0 spiro atoms. The highest BCUT2D eigenvalue weighted by Crippen LogP contribution is 2.18. The second kappa shape index (κ2) is 3.74. The van der Waals surface area contributed by atoms with E-state index in [4.69, 9.17) is 11.6 Å². The van der Waals surface area contributed by atoms with Gasteiger partial charge in [0.15, 0.2) is 0 Å². The topological polar surface area (TPSA) is 60.3 Å². The van der Waals surface area contributed by atoms with Gasteiger partial charge in [-0.2, -0.15) is 0 Å². The molecule has 0 saturated carbocycles. The van der Waals surface area contributed by atoms with Crippen molar-refractivity contribution < 1.29 is 9.59 Å². The zero-order valence-corrected chi connectivity index (χ0v) is 8.28. The van der Waals surface area contributed by atoms with E-state index in [1.54, 1.807) is 24.3 Å². The maximum Gasteiger partial charge on any atom is 0.294 e. The number of hydrogen-bond acceptors (Lipinski definition) is 2. The smallest absolute Gasteiger partial charge is 0.268 e. The van der Waals surface area contributed by atoms with E-state index >= 15 is 0 Å². The molecule has 1 aliphatic heterocycles. The fraction of sp³-hybridized carbons (Fsp3) is 0. The Morgan fingerprint density at radius 2 is 1.80 bits per heavy atom. The van der Waals surface area contributed by atoms with Crippen LogP contribution in [0.4, 0.5) is 0 Å². The van der Waals surface area contributed by atoms with Crippen molar-refractivity contribution in [3.8, 4) is 0 Å². The largest absolute Gasteiger partial charge is 0.294 e. The van der Waals surface area contributed by atoms with Gasteiger partial charge in [0.1, 0.15) is 0 Å². The van der Waals surface area contributed by atoms with Crippen LogP contribution in [0.2, 0.25) is 5.02 Å². The van der Waals surface area contributed by atoms with Crippen LogP contribution in [0.5, 0.6) is 0 Å². The maximum atomic E-state index is 11.3. The molecule has 0 atom stereocenters. The number of nitrogens with zero attached hydrogens (tertiary/aromatic N) is 1. The zero-order chi connectivity index (χ0) is 10.8. The van der Waals surface area contributed by atoms with E-state index in [0.717, 1.165) is 0 Å². The number of benzene rings is 1. The van der Waals surface area contributed by atoms with E-state index < -0.39 is 11.8 Å². The molecule has 0 saturated heterocycles. The van der Waals surface area contributed by atoms with E-state index in [0.29, 0.717) is 10.6 Å². The number of halogens is 1. The molecule has 15 heavy (non-hydrogen) atoms. The van der Waals surface area contributed by atoms with E-state index in [1.165, 1.54) is 6.08 Å². The van der Waals surface area contributed by atoms with Crippen molar-refractivity contribution in [3.63, 3.8) is 0 Å². The average Bonchev–Trinajstić information content (AvgIpc) is 2.23. The summed E-state index contributed by atoms with van der Waals surface area (Å²) in [5.74, 6) is -0.864. The minimum absolute atomic E-state index is 0.274. The molecule has 2 amide bonds. The Labute approximate surface area is 90.9 Å². The fourth-order valence-electron chi connectivity index (χ4n) is 1.23. The number of nitrogens with one attached hydrogen (secondary N) is 1. The van der Waals surface area contributed by atoms with Gasteiger partial charge in [-0.25, -0.2) is 5.43 Å². The molecular formula is C10H6ClN2O2. The van der Waals surface area contributed by atoms with Gasteiger partial charge in [-0.3, -0.25) is 9.59 Å². The Balaban J connectivity index is 2.41. The first-order valence-electron chi connectivity index (χ1n) is 4.19. The van der Waals surface area contributed by atoms with Crippen molar-refractivity contribution in [1.82, 2.24) is 10.9 Å². The van der Waals surface area contributed by atoms with Crippen LogP contribution in [-0.4, -0.2) is 11.8 Å². The predicted octanol–water partition coefficient (Wildman–Crippen LogP) is 0.899. The van der Waals surface area contributed by atoms with Crippen molar-refractivity contribution >= 4 is 29.0 Å². The molecule has 1 aliphatic rings. The molecule has 2 rings (SSSR count). The maximum absolute atomic E-state index is 11.3. The summed E-state index contributed by atoms with van der Waals surface area (Å²) < 4.78 is 0. The van der Waals surface area contributed by atoms with Crippen molar-refractivity contribution in [3.05, 3.63) is 40.9 Å². The van der Waals surface area contributed by atoms with Gasteiger partial charge in [-0.1, -0.05) is 23.7 Å². The van der Waals surface area contributed by atoms with Crippen LogP contribution in [-0.2, 0) is 9.59 Å².